The molecular formula is C45H74O18. The van der Waals surface area contributed by atoms with Crippen LogP contribution in [0, 0.1) is 52.3 Å². The van der Waals surface area contributed by atoms with Crippen molar-refractivity contribution >= 4 is 0 Å². The van der Waals surface area contributed by atoms with E-state index in [1.807, 2.05) is 0 Å². The van der Waals surface area contributed by atoms with Crippen LogP contribution in [0.1, 0.15) is 92.9 Å². The van der Waals surface area contributed by atoms with Crippen LogP contribution in [0.15, 0.2) is 0 Å². The number of rotatable bonds is 7. The summed E-state index contributed by atoms with van der Waals surface area (Å²) in [7, 11) is 0. The first kappa shape index (κ1) is 47.4. The minimum Gasteiger partial charge on any atom is -0.394 e. The van der Waals surface area contributed by atoms with Gasteiger partial charge in [-0.15, -0.1) is 0 Å². The van der Waals surface area contributed by atoms with Gasteiger partial charge in [-0.1, -0.05) is 27.7 Å². The zero-order chi connectivity index (χ0) is 45.2. The number of hydrogen-bond donors (Lipinski definition) is 10. The maximum atomic E-state index is 12.2. The minimum absolute atomic E-state index is 0.0745. The molecule has 0 bridgehead atoms. The van der Waals surface area contributed by atoms with Crippen LogP contribution in [-0.4, -0.2) is 187 Å². The molecule has 18 nitrogen and oxygen atoms in total. The Morgan fingerprint density at radius 2 is 1.24 bits per heavy atom. The number of fused-ring (bicyclic) bond motifs is 7. The van der Waals surface area contributed by atoms with Crippen molar-refractivity contribution in [1.82, 2.24) is 0 Å². The first-order valence-electron chi connectivity index (χ1n) is 23.7. The zero-order valence-corrected chi connectivity index (χ0v) is 37.3. The Balaban J connectivity index is 0.852. The smallest absolute Gasteiger partial charge is 0.187 e. The summed E-state index contributed by atoms with van der Waals surface area (Å²) >= 11 is 0. The van der Waals surface area contributed by atoms with Crippen LogP contribution in [0.5, 0.6) is 0 Å². The van der Waals surface area contributed by atoms with Gasteiger partial charge in [-0.25, -0.2) is 0 Å². The summed E-state index contributed by atoms with van der Waals surface area (Å²) in [6, 6.07) is 0. The van der Waals surface area contributed by atoms with E-state index < -0.39 is 123 Å². The molecule has 63 heavy (non-hydrogen) atoms. The molecule has 0 aromatic carbocycles. The average Bonchev–Trinajstić information content (AvgIpc) is 3.66. The highest BCUT2D eigenvalue weighted by Gasteiger charge is 2.72. The highest BCUT2D eigenvalue weighted by molar-refractivity contribution is 5.19. The molecule has 0 aromatic rings. The van der Waals surface area contributed by atoms with E-state index in [2.05, 4.69) is 27.7 Å². The summed E-state index contributed by atoms with van der Waals surface area (Å²) in [5.41, 5.74) is -0.337. The predicted octanol–water partition coefficient (Wildman–Crippen LogP) is -0.737. The van der Waals surface area contributed by atoms with Crippen LogP contribution in [0.3, 0.4) is 0 Å². The van der Waals surface area contributed by atoms with Gasteiger partial charge in [0.25, 0.3) is 0 Å². The van der Waals surface area contributed by atoms with E-state index in [0.717, 1.165) is 38.5 Å². The molecule has 9 rings (SSSR count). The second-order valence-corrected chi connectivity index (χ2v) is 21.7. The van der Waals surface area contributed by atoms with Crippen LogP contribution < -0.4 is 0 Å². The zero-order valence-electron chi connectivity index (χ0n) is 37.3. The molecule has 0 amide bonds. The molecule has 9 aliphatic rings. The van der Waals surface area contributed by atoms with Gasteiger partial charge in [0, 0.05) is 18.3 Å². The molecule has 0 aromatic heterocycles. The average molecular weight is 903 g/mol. The van der Waals surface area contributed by atoms with Crippen molar-refractivity contribution in [2.75, 3.05) is 13.2 Å². The number of ether oxygens (including phenoxy) is 8. The Morgan fingerprint density at radius 3 is 1.92 bits per heavy atom. The van der Waals surface area contributed by atoms with E-state index >= 15 is 0 Å². The van der Waals surface area contributed by atoms with E-state index in [4.69, 9.17) is 37.9 Å². The Labute approximate surface area is 369 Å². The van der Waals surface area contributed by atoms with Gasteiger partial charge in [-0.3, -0.25) is 0 Å². The van der Waals surface area contributed by atoms with Gasteiger partial charge in [-0.2, -0.15) is 0 Å². The van der Waals surface area contributed by atoms with Gasteiger partial charge >= 0.3 is 0 Å². The Morgan fingerprint density at radius 1 is 0.603 bits per heavy atom. The quantitative estimate of drug-likeness (QED) is 0.141. The van der Waals surface area contributed by atoms with Crippen molar-refractivity contribution in [3.05, 3.63) is 0 Å². The molecule has 5 aliphatic heterocycles. The van der Waals surface area contributed by atoms with Crippen LogP contribution in [0.2, 0.25) is 0 Å². The van der Waals surface area contributed by atoms with E-state index in [-0.39, 0.29) is 52.4 Å². The normalized spacial score (nSPS) is 60.6. The molecule has 4 saturated carbocycles. The molecule has 4 aliphatic carbocycles. The molecule has 0 unspecified atom stereocenters. The highest BCUT2D eigenvalue weighted by atomic mass is 16.8. The van der Waals surface area contributed by atoms with E-state index in [1.54, 1.807) is 0 Å². The van der Waals surface area contributed by atoms with Crippen molar-refractivity contribution in [3.8, 4) is 0 Å². The maximum Gasteiger partial charge on any atom is 0.187 e. The molecule has 362 valence electrons. The molecule has 10 N–H and O–H groups in total. The highest BCUT2D eigenvalue weighted by Crippen LogP contribution is 2.71. The lowest BCUT2D eigenvalue weighted by molar-refractivity contribution is -0.387. The molecule has 1 spiro atoms. The topological polar surface area (TPSA) is 276 Å². The molecule has 5 heterocycles. The monoisotopic (exact) mass is 902 g/mol. The van der Waals surface area contributed by atoms with Crippen LogP contribution in [0.25, 0.3) is 0 Å². The lowest BCUT2D eigenvalue weighted by Crippen LogP contribution is -2.66. The molecular weight excluding hydrogens is 828 g/mol. The Hall–Kier alpha value is -0.720. The Kier molecular flexibility index (Phi) is 13.0. The molecule has 5 saturated heterocycles. The summed E-state index contributed by atoms with van der Waals surface area (Å²) in [5.74, 6) is 1.02. The maximum absolute atomic E-state index is 12.2. The first-order valence-corrected chi connectivity index (χ1v) is 23.7. The SMILES string of the molecule is C[C@@H]1CC[C@@]2(OC1)O[C@H]1[C@@H](O)[C@H]3[C@@H]4CC[C@H]5C[C@@H](O[C@@H]6O[C@H](CO)[C@H](O[C@@H]7O[C@H](C)[C@@H](O)[C@H](O)[C@H]7O[C@@H]7O[C@H](C)[C@H](O)[C@H](O)[C@H]7O)[C@H](O)[C@H]6O)[C@H](O)C[C@]5(C)[C@H]4CC[C@]3(C)[C@H]1[C@@H]2C. The van der Waals surface area contributed by atoms with Crippen LogP contribution >= 0.6 is 0 Å². The molecule has 9 fully saturated rings. The third-order valence-electron chi connectivity index (χ3n) is 18.2. The summed E-state index contributed by atoms with van der Waals surface area (Å²) in [6.07, 6.45) is -18.5. The minimum atomic E-state index is -1.76. The lowest BCUT2D eigenvalue weighted by Gasteiger charge is -2.62. The first-order chi connectivity index (χ1) is 29.7. The fourth-order valence-electron chi connectivity index (χ4n) is 14.7. The van der Waals surface area contributed by atoms with Crippen molar-refractivity contribution in [1.29, 1.82) is 0 Å². The van der Waals surface area contributed by atoms with Crippen molar-refractivity contribution in [2.45, 2.75) is 215 Å². The standard InChI is InChI=1S/C45H74O18/c1-17-9-12-45(56-16-17)18(2)27-38(63-45)31(50)28-22-8-7-21-13-25(24(47)14-44(21,6)23(22)10-11-43(27,28)5)59-41-36(55)34(53)37(26(15-46)60-41)61-42-39(33(52)30(49)20(4)58-42)62-40-35(54)32(51)29(48)19(3)57-40/h17-42,46-55H,7-16H2,1-6H3/t17-,18+,19-,20-,21+,22-,23+,24-,25-,26-,27+,28-,29+,30-,31+,32+,33+,34-,35-,36-,37+,38-,39-,40+,41-,42+,43-,44+,45-/m1/s1. The van der Waals surface area contributed by atoms with Crippen molar-refractivity contribution in [2.24, 2.45) is 52.3 Å². The largest absolute Gasteiger partial charge is 0.394 e. The predicted molar refractivity (Wildman–Crippen MR) is 216 cm³/mol. The van der Waals surface area contributed by atoms with Crippen molar-refractivity contribution < 1.29 is 89.0 Å². The number of aliphatic hydroxyl groups is 10. The van der Waals surface area contributed by atoms with Crippen LogP contribution in [0.4, 0.5) is 0 Å². The van der Waals surface area contributed by atoms with Gasteiger partial charge in [-0.05, 0) is 99.2 Å². The van der Waals surface area contributed by atoms with E-state index in [9.17, 15) is 51.1 Å². The molecule has 29 atom stereocenters. The van der Waals surface area contributed by atoms with Crippen molar-refractivity contribution in [3.63, 3.8) is 0 Å². The second kappa shape index (κ2) is 17.4. The summed E-state index contributed by atoms with van der Waals surface area (Å²) < 4.78 is 48.9. The second-order valence-electron chi connectivity index (χ2n) is 21.7. The molecule has 18 heteroatoms. The van der Waals surface area contributed by atoms with Gasteiger partial charge in [0.05, 0.1) is 49.8 Å². The van der Waals surface area contributed by atoms with E-state index in [1.165, 1.54) is 13.8 Å². The lowest BCUT2D eigenvalue weighted by atomic mass is 9.44. The summed E-state index contributed by atoms with van der Waals surface area (Å²) in [4.78, 5) is 0. The summed E-state index contributed by atoms with van der Waals surface area (Å²) in [6.45, 7) is 12.0. The fraction of sp³-hybridized carbons (Fsp3) is 1.00. The Bertz CT molecular complexity index is 1600. The third-order valence-corrected chi connectivity index (χ3v) is 18.2. The van der Waals surface area contributed by atoms with Gasteiger partial charge in [0.15, 0.2) is 24.7 Å². The van der Waals surface area contributed by atoms with Gasteiger partial charge in [0.1, 0.15) is 61.0 Å². The van der Waals surface area contributed by atoms with Gasteiger partial charge in [0.2, 0.25) is 0 Å². The molecule has 0 radical (unpaired) electrons. The van der Waals surface area contributed by atoms with E-state index in [0.29, 0.717) is 25.4 Å². The third kappa shape index (κ3) is 7.60. The number of aliphatic hydroxyl groups excluding tert-OH is 10. The number of hydrogen-bond acceptors (Lipinski definition) is 18. The van der Waals surface area contributed by atoms with Crippen LogP contribution in [-0.2, 0) is 37.9 Å². The van der Waals surface area contributed by atoms with Gasteiger partial charge < -0.3 is 89.0 Å². The fourth-order valence-corrected chi connectivity index (χ4v) is 14.7. The summed E-state index contributed by atoms with van der Waals surface area (Å²) in [5, 5.41) is 110.